The number of rotatable bonds is 23. The number of aromatic hydroxyl groups is 1. The average Bonchev–Trinajstić information content (AvgIpc) is 2.17. The number of methoxy groups -OCH3 is 1. The number of ether oxygens (including phenoxy) is 2. The van der Waals surface area contributed by atoms with Crippen molar-refractivity contribution in [3.63, 3.8) is 0 Å². The van der Waals surface area contributed by atoms with E-state index < -0.39 is 177 Å². The van der Waals surface area contributed by atoms with Crippen LogP contribution in [-0.4, -0.2) is 216 Å². The third-order valence-corrected chi connectivity index (χ3v) is 16.6. The first-order valence-electron chi connectivity index (χ1n) is 28.7. The SMILES string of the molecule is COCCCCCCOc1ccc(-c2nnc(-c3ccc(C(=O)NC4CC(O)CNC(=O)C5C(O)C(C)CN5C(=O)C(C(O)CC(N)=O)NC(=O)C(C(O)Cc5ccc(O)c(OSOO[O-])c5)NC(=O)C5CC(O)CN5C(=O)C(C(C)O)NC4=O)cc3)s2)cc1.[Na+]. The number of carbonyl (C=O) groups excluding carboxylic acids is 8. The van der Waals surface area contributed by atoms with Gasteiger partial charge in [0.15, 0.2) is 11.5 Å². The predicted octanol–water partition coefficient (Wildman–Crippen LogP) is -5.84. The molecule has 34 heteroatoms. The molecule has 0 radical (unpaired) electrons. The zero-order valence-electron chi connectivity index (χ0n) is 50.1. The second-order valence-corrected chi connectivity index (χ2v) is 23.4. The van der Waals surface area contributed by atoms with Gasteiger partial charge in [0, 0.05) is 75.2 Å². The summed E-state index contributed by atoms with van der Waals surface area (Å²) in [6, 6.07) is 5.17. The number of phenols is 1. The van der Waals surface area contributed by atoms with E-state index in [2.05, 4.69) is 46.2 Å². The topological polar surface area (TPSA) is 466 Å². The van der Waals surface area contributed by atoms with E-state index in [1.807, 2.05) is 24.3 Å². The molecule has 4 heterocycles. The molecular weight excluding hydrogens is 1250 g/mol. The Morgan fingerprint density at radius 3 is 2.04 bits per heavy atom. The third kappa shape index (κ3) is 19.9. The van der Waals surface area contributed by atoms with E-state index in [9.17, 15) is 79.4 Å². The van der Waals surface area contributed by atoms with Gasteiger partial charge in [0.25, 0.3) is 18.2 Å². The quantitative estimate of drug-likeness (QED) is 0.0108. The summed E-state index contributed by atoms with van der Waals surface area (Å²) in [6.45, 7) is 2.14. The molecule has 7 rings (SSSR count). The fraction of sp³-hybridized carbons (Fsp3) is 0.509. The molecule has 0 bridgehead atoms. The molecule has 0 saturated carbocycles. The number of unbranched alkanes of at least 4 members (excludes halogenated alkanes) is 3. The largest absolute Gasteiger partial charge is 1.00 e. The van der Waals surface area contributed by atoms with Crippen molar-refractivity contribution in [2.75, 3.05) is 40.0 Å². The van der Waals surface area contributed by atoms with Crippen molar-refractivity contribution >= 4 is 70.9 Å². The third-order valence-electron chi connectivity index (χ3n) is 15.2. The summed E-state index contributed by atoms with van der Waals surface area (Å²) in [5, 5.41) is 114. The van der Waals surface area contributed by atoms with E-state index in [1.165, 1.54) is 36.5 Å². The minimum atomic E-state index is -2.22. The van der Waals surface area contributed by atoms with Gasteiger partial charge in [-0.3, -0.25) is 43.4 Å². The van der Waals surface area contributed by atoms with E-state index in [4.69, 9.17) is 19.4 Å². The fourth-order valence-electron chi connectivity index (χ4n) is 10.5. The van der Waals surface area contributed by atoms with Gasteiger partial charge in [-0.1, -0.05) is 42.9 Å². The Morgan fingerprint density at radius 2 is 1.41 bits per heavy atom. The minimum Gasteiger partial charge on any atom is -0.691 e. The van der Waals surface area contributed by atoms with Crippen LogP contribution in [0.25, 0.3) is 21.1 Å². The monoisotopic (exact) mass is 1320 g/mol. The number of hydrogen-bond acceptors (Lipinski definition) is 25. The summed E-state index contributed by atoms with van der Waals surface area (Å²) in [5.74, 6) is -10.5. The van der Waals surface area contributed by atoms with E-state index in [1.54, 1.807) is 19.2 Å². The molecule has 14 N–H and O–H groups in total. The van der Waals surface area contributed by atoms with Crippen molar-refractivity contribution in [1.29, 1.82) is 0 Å². The van der Waals surface area contributed by atoms with Gasteiger partial charge in [0.05, 0.1) is 49.7 Å². The van der Waals surface area contributed by atoms with E-state index in [0.29, 0.717) is 27.9 Å². The Labute approximate surface area is 552 Å². The second-order valence-electron chi connectivity index (χ2n) is 22.0. The van der Waals surface area contributed by atoms with Gasteiger partial charge in [-0.05, 0) is 80.3 Å². The summed E-state index contributed by atoms with van der Waals surface area (Å²) in [4.78, 5) is 115. The zero-order chi connectivity index (χ0) is 65.3. The Kier molecular flexibility index (Phi) is 28.1. The fourth-order valence-corrected chi connectivity index (χ4v) is 11.6. The number of aliphatic hydroxyl groups is 6. The van der Waals surface area contributed by atoms with Crippen LogP contribution in [-0.2, 0) is 54.1 Å². The summed E-state index contributed by atoms with van der Waals surface area (Å²) in [5.41, 5.74) is 6.83. The molecule has 490 valence electrons. The summed E-state index contributed by atoms with van der Waals surface area (Å²) in [7, 11) is 1.68. The maximum absolute atomic E-state index is 14.7. The van der Waals surface area contributed by atoms with Crippen molar-refractivity contribution in [1.82, 2.24) is 46.6 Å². The normalized spacial score (nSPS) is 24.6. The molecule has 13 atom stereocenters. The van der Waals surface area contributed by atoms with Gasteiger partial charge in [0.1, 0.15) is 52.0 Å². The van der Waals surface area contributed by atoms with Crippen molar-refractivity contribution < 1.29 is 132 Å². The number of amides is 8. The molecular formula is C57H73N10NaO21S2. The van der Waals surface area contributed by atoms with E-state index in [0.717, 1.165) is 66.7 Å². The summed E-state index contributed by atoms with van der Waals surface area (Å²) >= 11 is 1.28. The number of β-amino-alcohol motifs (C(OH)–C–C–N with tert-alkyl or cyclic N) is 1. The first-order chi connectivity index (χ1) is 43.0. The Balaban J connectivity index is 0.0000132. The van der Waals surface area contributed by atoms with Crippen LogP contribution in [0.3, 0.4) is 0 Å². The molecule has 31 nitrogen and oxygen atoms in total. The number of nitrogens with zero attached hydrogens (tertiary/aromatic N) is 4. The Hall–Kier alpha value is -6.67. The number of nitrogens with one attached hydrogen (secondary N) is 5. The molecule has 1 aromatic heterocycles. The first-order valence-corrected chi connectivity index (χ1v) is 30.2. The number of hydrogen-bond donors (Lipinski definition) is 13. The molecule has 3 fully saturated rings. The number of phenolic OH excluding ortho intramolecular Hbond substituents is 1. The van der Waals surface area contributed by atoms with Gasteiger partial charge >= 0.3 is 29.6 Å². The van der Waals surface area contributed by atoms with Crippen LogP contribution in [0.15, 0.2) is 66.7 Å². The number of primary amides is 1. The van der Waals surface area contributed by atoms with Crippen LogP contribution >= 0.6 is 23.7 Å². The Bertz CT molecular complexity index is 3140. The van der Waals surface area contributed by atoms with Gasteiger partial charge < -0.3 is 96.8 Å². The number of aliphatic hydroxyl groups excluding tert-OH is 6. The molecule has 13 unspecified atom stereocenters. The van der Waals surface area contributed by atoms with Gasteiger partial charge in [-0.25, -0.2) is 0 Å². The van der Waals surface area contributed by atoms with Gasteiger partial charge in [-0.15, -0.1) is 14.5 Å². The summed E-state index contributed by atoms with van der Waals surface area (Å²) in [6.07, 6.45) is -9.72. The molecule has 3 saturated heterocycles. The van der Waals surface area contributed by atoms with E-state index in [-0.39, 0.29) is 58.8 Å². The van der Waals surface area contributed by atoms with Crippen LogP contribution in [0.4, 0.5) is 0 Å². The van der Waals surface area contributed by atoms with Gasteiger partial charge in [0.2, 0.25) is 41.4 Å². The first kappa shape index (κ1) is 73.4. The van der Waals surface area contributed by atoms with Crippen molar-refractivity contribution in [2.24, 2.45) is 11.7 Å². The van der Waals surface area contributed by atoms with E-state index >= 15 is 0 Å². The summed E-state index contributed by atoms with van der Waals surface area (Å²) < 4.78 is 20.1. The van der Waals surface area contributed by atoms with Gasteiger partial charge in [-0.2, -0.15) is 0 Å². The average molecular weight is 1320 g/mol. The molecule has 0 aliphatic carbocycles. The van der Waals surface area contributed by atoms with Crippen molar-refractivity contribution in [2.45, 2.75) is 138 Å². The van der Waals surface area contributed by atoms with Crippen LogP contribution in [0.5, 0.6) is 17.2 Å². The molecule has 3 aliphatic heterocycles. The maximum atomic E-state index is 14.7. The molecule has 3 aliphatic rings. The maximum Gasteiger partial charge on any atom is 1.00 e. The van der Waals surface area contributed by atoms with Crippen LogP contribution < -0.4 is 76.1 Å². The van der Waals surface area contributed by atoms with Crippen LogP contribution in [0, 0.1) is 5.92 Å². The second kappa shape index (κ2) is 34.8. The Morgan fingerprint density at radius 1 is 0.780 bits per heavy atom. The molecule has 8 amide bonds. The smallest absolute Gasteiger partial charge is 0.691 e. The predicted molar refractivity (Wildman–Crippen MR) is 314 cm³/mol. The van der Waals surface area contributed by atoms with Crippen molar-refractivity contribution in [3.8, 4) is 38.4 Å². The number of carbonyl (C=O) groups is 8. The molecule has 4 aromatic rings. The standard InChI is InChI=1S/C57H74N10O21S2.Na/c1-28-26-67-47(48(28)75)53(80)59-25-34(69)22-37(60-49(76)31-9-11-32(12-10-31)54-64-65-55(89-54)33-13-15-36(16-14-33)85-19-7-5-4-6-18-84-3)50(77)61-44(29(2)68)56(81)66-27-35(70)23-38(66)51(78)62-45(52(79)63-46(57(67)82)41(73)24-43(58)74)40(72)20-30-8-17-39(71)42(21-30)86-90-88-87-83;/h8-17,21,28-29,34-35,37-38,40-41,44-48,68-73,75,83H,4-7,18-20,22-27H2,1-3H3,(H2,58,74)(H,59,80)(H,60,76)(H,61,77)(H,62,78)(H,63,79);/q;+1/p-1. The number of benzene rings is 3. The number of aromatic nitrogens is 2. The number of fused-ring (bicyclic) bond motifs is 2. The van der Waals surface area contributed by atoms with Crippen LogP contribution in [0.1, 0.15) is 74.7 Å². The number of nitrogens with two attached hydrogens (primary N) is 1. The van der Waals surface area contributed by atoms with Crippen molar-refractivity contribution in [3.05, 3.63) is 77.9 Å². The van der Waals surface area contributed by atoms with Crippen LogP contribution in [0.2, 0.25) is 0 Å². The zero-order valence-corrected chi connectivity index (χ0v) is 53.7. The molecule has 3 aromatic carbocycles. The minimum absolute atomic E-state index is 0. The molecule has 0 spiro atoms. The molecule has 91 heavy (non-hydrogen) atoms.